The standard InChI is InChI=1S/C22H20BrNO5/c1-3-29-18(26)11-10-17(25)21-22(27)19(23)16-9-5-8-15(20(16)24-21)13-6-4-7-14(12-13)28-2/h4-9,12,27H,3,10-11H2,1-2H3. The van der Waals surface area contributed by atoms with E-state index in [9.17, 15) is 14.7 Å². The number of carbonyl (C=O) groups excluding carboxylic acids is 2. The van der Waals surface area contributed by atoms with E-state index in [1.54, 1.807) is 14.0 Å². The number of ether oxygens (including phenoxy) is 2. The van der Waals surface area contributed by atoms with Gasteiger partial charge in [0.05, 0.1) is 30.1 Å². The summed E-state index contributed by atoms with van der Waals surface area (Å²) in [5.41, 5.74) is 2.14. The summed E-state index contributed by atoms with van der Waals surface area (Å²) in [6.07, 6.45) is -0.167. The first-order valence-corrected chi connectivity index (χ1v) is 9.90. The number of fused-ring (bicyclic) bond motifs is 1. The zero-order chi connectivity index (χ0) is 21.0. The Balaban J connectivity index is 2.07. The molecule has 6 nitrogen and oxygen atoms in total. The minimum atomic E-state index is -0.461. The molecule has 0 radical (unpaired) electrons. The highest BCUT2D eigenvalue weighted by Gasteiger charge is 2.21. The molecule has 7 heteroatoms. The van der Waals surface area contributed by atoms with Crippen molar-refractivity contribution in [3.63, 3.8) is 0 Å². The number of Topliss-reactive ketones (excluding diaryl/α,β-unsaturated/α-hetero) is 1. The van der Waals surface area contributed by atoms with Gasteiger partial charge in [-0.15, -0.1) is 0 Å². The third-order valence-electron chi connectivity index (χ3n) is 4.43. The van der Waals surface area contributed by atoms with Gasteiger partial charge >= 0.3 is 5.97 Å². The summed E-state index contributed by atoms with van der Waals surface area (Å²) >= 11 is 3.38. The molecule has 29 heavy (non-hydrogen) atoms. The number of benzene rings is 2. The van der Waals surface area contributed by atoms with E-state index < -0.39 is 11.8 Å². The maximum Gasteiger partial charge on any atom is 0.306 e. The molecule has 0 unspecified atom stereocenters. The fourth-order valence-corrected chi connectivity index (χ4v) is 3.53. The molecule has 3 rings (SSSR count). The van der Waals surface area contributed by atoms with Crippen LogP contribution in [0.25, 0.3) is 22.0 Å². The molecule has 0 saturated heterocycles. The molecule has 0 aliphatic heterocycles. The molecule has 150 valence electrons. The molecule has 0 atom stereocenters. The van der Waals surface area contributed by atoms with Crippen molar-refractivity contribution in [3.8, 4) is 22.6 Å². The number of nitrogens with zero attached hydrogens (tertiary/aromatic N) is 1. The number of aromatic hydroxyl groups is 1. The van der Waals surface area contributed by atoms with Gasteiger partial charge in [0.2, 0.25) is 0 Å². The van der Waals surface area contributed by atoms with E-state index in [2.05, 4.69) is 20.9 Å². The number of para-hydroxylation sites is 1. The second-order valence-corrected chi connectivity index (χ2v) is 7.08. The quantitative estimate of drug-likeness (QED) is 0.400. The molecule has 0 spiro atoms. The fraction of sp³-hybridized carbons (Fsp3) is 0.227. The number of hydrogen-bond acceptors (Lipinski definition) is 6. The van der Waals surface area contributed by atoms with Gasteiger partial charge in [-0.1, -0.05) is 30.3 Å². The largest absolute Gasteiger partial charge is 0.504 e. The Morgan fingerprint density at radius 2 is 1.90 bits per heavy atom. The highest BCUT2D eigenvalue weighted by molar-refractivity contribution is 9.10. The number of pyridine rings is 1. The van der Waals surface area contributed by atoms with E-state index in [0.29, 0.717) is 21.1 Å². The van der Waals surface area contributed by atoms with Crippen molar-refractivity contribution in [1.82, 2.24) is 4.98 Å². The lowest BCUT2D eigenvalue weighted by molar-refractivity contribution is -0.143. The van der Waals surface area contributed by atoms with Gasteiger partial charge in [-0.2, -0.15) is 0 Å². The zero-order valence-corrected chi connectivity index (χ0v) is 17.7. The second kappa shape index (κ2) is 9.05. The fourth-order valence-electron chi connectivity index (χ4n) is 3.02. The van der Waals surface area contributed by atoms with Gasteiger partial charge < -0.3 is 14.6 Å². The van der Waals surface area contributed by atoms with Gasteiger partial charge in [0.15, 0.2) is 11.5 Å². The van der Waals surface area contributed by atoms with Gasteiger partial charge in [-0.05, 0) is 40.5 Å². The molecule has 1 N–H and O–H groups in total. The number of carbonyl (C=O) groups is 2. The normalized spacial score (nSPS) is 10.7. The lowest BCUT2D eigenvalue weighted by Gasteiger charge is -2.12. The molecule has 2 aromatic carbocycles. The van der Waals surface area contributed by atoms with Gasteiger partial charge in [0.25, 0.3) is 0 Å². The average molecular weight is 458 g/mol. The zero-order valence-electron chi connectivity index (χ0n) is 16.1. The number of halogens is 1. The van der Waals surface area contributed by atoms with E-state index in [1.165, 1.54) is 0 Å². The van der Waals surface area contributed by atoms with Gasteiger partial charge in [0.1, 0.15) is 11.4 Å². The van der Waals surface area contributed by atoms with Crippen LogP contribution in [0.3, 0.4) is 0 Å². The Morgan fingerprint density at radius 1 is 1.14 bits per heavy atom. The van der Waals surface area contributed by atoms with Crippen LogP contribution in [-0.2, 0) is 9.53 Å². The van der Waals surface area contributed by atoms with Crippen molar-refractivity contribution in [2.75, 3.05) is 13.7 Å². The minimum absolute atomic E-state index is 0.0685. The van der Waals surface area contributed by atoms with E-state index in [4.69, 9.17) is 9.47 Å². The lowest BCUT2D eigenvalue weighted by atomic mass is 10.0. The number of hydrogen-bond donors (Lipinski definition) is 1. The summed E-state index contributed by atoms with van der Waals surface area (Å²) in [5, 5.41) is 11.2. The molecule has 1 heterocycles. The van der Waals surface area contributed by atoms with Crippen LogP contribution in [0, 0.1) is 0 Å². The first-order chi connectivity index (χ1) is 14.0. The summed E-state index contributed by atoms with van der Waals surface area (Å²) in [6, 6.07) is 13.1. The maximum atomic E-state index is 12.6. The average Bonchev–Trinajstić information content (AvgIpc) is 2.74. The van der Waals surface area contributed by atoms with Crippen LogP contribution in [0.5, 0.6) is 11.5 Å². The first kappa shape index (κ1) is 20.8. The molecule has 1 aromatic heterocycles. The number of aromatic nitrogens is 1. The summed E-state index contributed by atoms with van der Waals surface area (Å²) in [5.74, 6) is -0.437. The van der Waals surface area contributed by atoms with E-state index in [1.807, 2.05) is 42.5 Å². The topological polar surface area (TPSA) is 85.7 Å². The Morgan fingerprint density at radius 3 is 2.62 bits per heavy atom. The molecule has 0 amide bonds. The monoisotopic (exact) mass is 457 g/mol. The van der Waals surface area contributed by atoms with Crippen LogP contribution >= 0.6 is 15.9 Å². The highest BCUT2D eigenvalue weighted by Crippen LogP contribution is 2.38. The van der Waals surface area contributed by atoms with Crippen LogP contribution in [0.1, 0.15) is 30.3 Å². The van der Waals surface area contributed by atoms with Crippen molar-refractivity contribution in [2.45, 2.75) is 19.8 Å². The summed E-state index contributed by atoms with van der Waals surface area (Å²) < 4.78 is 10.5. The third-order valence-corrected chi connectivity index (χ3v) is 5.24. The van der Waals surface area contributed by atoms with Crippen molar-refractivity contribution < 1.29 is 24.2 Å². The van der Waals surface area contributed by atoms with E-state index in [-0.39, 0.29) is 30.9 Å². The number of esters is 1. The van der Waals surface area contributed by atoms with Crippen LogP contribution in [-0.4, -0.2) is 35.6 Å². The van der Waals surface area contributed by atoms with Gasteiger partial charge in [-0.3, -0.25) is 9.59 Å². The third kappa shape index (κ3) is 4.40. The smallest absolute Gasteiger partial charge is 0.306 e. The highest BCUT2D eigenvalue weighted by atomic mass is 79.9. The molecular formula is C22H20BrNO5. The predicted octanol–water partition coefficient (Wildman–Crippen LogP) is 4.90. The Kier molecular flexibility index (Phi) is 6.49. The predicted molar refractivity (Wildman–Crippen MR) is 113 cm³/mol. The second-order valence-electron chi connectivity index (χ2n) is 6.28. The Labute approximate surface area is 176 Å². The van der Waals surface area contributed by atoms with Gasteiger partial charge in [-0.25, -0.2) is 4.98 Å². The lowest BCUT2D eigenvalue weighted by Crippen LogP contribution is -2.09. The van der Waals surface area contributed by atoms with Crippen LogP contribution in [0.4, 0.5) is 0 Å². The van der Waals surface area contributed by atoms with E-state index >= 15 is 0 Å². The van der Waals surface area contributed by atoms with Crippen molar-refractivity contribution in [3.05, 3.63) is 52.6 Å². The van der Waals surface area contributed by atoms with Gasteiger partial charge in [0, 0.05) is 17.4 Å². The summed E-state index contributed by atoms with van der Waals surface area (Å²) in [7, 11) is 1.59. The van der Waals surface area contributed by atoms with Crippen LogP contribution in [0.2, 0.25) is 0 Å². The molecule has 0 bridgehead atoms. The molecule has 3 aromatic rings. The summed E-state index contributed by atoms with van der Waals surface area (Å²) in [4.78, 5) is 28.7. The Bertz CT molecular complexity index is 1080. The first-order valence-electron chi connectivity index (χ1n) is 9.10. The van der Waals surface area contributed by atoms with Crippen molar-refractivity contribution in [2.24, 2.45) is 0 Å². The Hall–Kier alpha value is -2.93. The number of rotatable bonds is 7. The van der Waals surface area contributed by atoms with Crippen molar-refractivity contribution in [1.29, 1.82) is 0 Å². The molecule has 0 saturated carbocycles. The van der Waals surface area contributed by atoms with Crippen LogP contribution in [0.15, 0.2) is 46.9 Å². The summed E-state index contributed by atoms with van der Waals surface area (Å²) in [6.45, 7) is 1.95. The number of ketones is 1. The SMILES string of the molecule is CCOC(=O)CCC(=O)c1nc2c(-c3cccc(OC)c3)cccc2c(Br)c1O. The maximum absolute atomic E-state index is 12.6. The molecule has 0 aliphatic rings. The minimum Gasteiger partial charge on any atom is -0.504 e. The number of methoxy groups -OCH3 is 1. The van der Waals surface area contributed by atoms with Crippen LogP contribution < -0.4 is 4.74 Å². The molecule has 0 fully saturated rings. The van der Waals surface area contributed by atoms with E-state index in [0.717, 1.165) is 11.1 Å². The molecular weight excluding hydrogens is 438 g/mol. The molecule has 0 aliphatic carbocycles. The van der Waals surface area contributed by atoms with Crippen molar-refractivity contribution >= 4 is 38.6 Å².